The van der Waals surface area contributed by atoms with Crippen molar-refractivity contribution in [3.05, 3.63) is 28.1 Å². The van der Waals surface area contributed by atoms with Crippen LogP contribution in [0.5, 0.6) is 0 Å². The van der Waals surface area contributed by atoms with Gasteiger partial charge in [-0.3, -0.25) is 4.79 Å². The molecule has 0 bridgehead atoms. The van der Waals surface area contributed by atoms with Crippen molar-refractivity contribution in [1.82, 2.24) is 9.97 Å². The van der Waals surface area contributed by atoms with Crippen LogP contribution in [0, 0.1) is 5.41 Å². The van der Waals surface area contributed by atoms with E-state index in [2.05, 4.69) is 21.4 Å². The fraction of sp³-hybridized carbons (Fsp3) is 0.438. The molecule has 2 aromatic heterocycles. The SMILES string of the molecule is CC(C)(C)C(=O)CSc1ncc2c(n1)-c1ccsc1CC2. The highest BCUT2D eigenvalue weighted by Crippen LogP contribution is 2.35. The molecule has 21 heavy (non-hydrogen) atoms. The number of aromatic nitrogens is 2. The molecule has 1 aliphatic carbocycles. The van der Waals surface area contributed by atoms with Gasteiger partial charge in [0, 0.05) is 22.1 Å². The molecule has 0 saturated carbocycles. The number of Topliss-reactive ketones (excluding diaryl/α,β-unsaturated/α-hetero) is 1. The monoisotopic (exact) mass is 318 g/mol. The number of hydrogen-bond donors (Lipinski definition) is 0. The lowest BCUT2D eigenvalue weighted by Crippen LogP contribution is -2.22. The van der Waals surface area contributed by atoms with Crippen molar-refractivity contribution in [2.24, 2.45) is 5.41 Å². The standard InChI is InChI=1S/C16H18N2OS2/c1-16(2,3)13(19)9-21-15-17-8-10-4-5-12-11(6-7-20-12)14(10)18-15/h6-8H,4-5,9H2,1-3H3. The number of nitrogens with zero attached hydrogens (tertiary/aromatic N) is 2. The van der Waals surface area contributed by atoms with E-state index in [1.165, 1.54) is 27.8 Å². The number of rotatable bonds is 3. The zero-order chi connectivity index (χ0) is 15.0. The molecule has 0 amide bonds. The van der Waals surface area contributed by atoms with Crippen LogP contribution in [0.4, 0.5) is 0 Å². The van der Waals surface area contributed by atoms with Gasteiger partial charge in [-0.25, -0.2) is 9.97 Å². The lowest BCUT2D eigenvalue weighted by molar-refractivity contribution is -0.123. The Hall–Kier alpha value is -1.20. The Morgan fingerprint density at radius 2 is 2.19 bits per heavy atom. The van der Waals surface area contributed by atoms with Crippen molar-refractivity contribution in [2.75, 3.05) is 5.75 Å². The Labute approximate surface area is 133 Å². The summed E-state index contributed by atoms with van der Waals surface area (Å²) in [4.78, 5) is 22.5. The second kappa shape index (κ2) is 5.54. The van der Waals surface area contributed by atoms with Gasteiger partial charge in [-0.2, -0.15) is 0 Å². The number of carbonyl (C=O) groups is 1. The lowest BCUT2D eigenvalue weighted by Gasteiger charge is -2.17. The first-order valence-electron chi connectivity index (χ1n) is 7.04. The number of fused-ring (bicyclic) bond motifs is 3. The first-order chi connectivity index (χ1) is 9.95. The second-order valence-electron chi connectivity index (χ2n) is 6.25. The maximum atomic E-state index is 12.0. The van der Waals surface area contributed by atoms with Crippen LogP contribution >= 0.6 is 23.1 Å². The maximum Gasteiger partial charge on any atom is 0.188 e. The van der Waals surface area contributed by atoms with Crippen LogP contribution < -0.4 is 0 Å². The third-order valence-electron chi connectivity index (χ3n) is 3.63. The van der Waals surface area contributed by atoms with E-state index in [-0.39, 0.29) is 11.2 Å². The smallest absolute Gasteiger partial charge is 0.188 e. The Morgan fingerprint density at radius 1 is 1.38 bits per heavy atom. The van der Waals surface area contributed by atoms with Gasteiger partial charge in [-0.15, -0.1) is 11.3 Å². The summed E-state index contributed by atoms with van der Waals surface area (Å²) in [5, 5.41) is 2.82. The zero-order valence-corrected chi connectivity index (χ0v) is 14.1. The molecule has 0 unspecified atom stereocenters. The minimum absolute atomic E-state index is 0.227. The van der Waals surface area contributed by atoms with Crippen molar-refractivity contribution in [1.29, 1.82) is 0 Å². The highest BCUT2D eigenvalue weighted by Gasteiger charge is 2.23. The van der Waals surface area contributed by atoms with Gasteiger partial charge in [-0.1, -0.05) is 32.5 Å². The van der Waals surface area contributed by atoms with Crippen molar-refractivity contribution >= 4 is 28.9 Å². The first-order valence-corrected chi connectivity index (χ1v) is 8.90. The normalized spacial score (nSPS) is 13.7. The molecule has 2 aromatic rings. The fourth-order valence-electron chi connectivity index (χ4n) is 2.22. The van der Waals surface area contributed by atoms with E-state index < -0.39 is 0 Å². The molecule has 3 rings (SSSR count). The van der Waals surface area contributed by atoms with Crippen LogP contribution in [0.3, 0.4) is 0 Å². The maximum absolute atomic E-state index is 12.0. The lowest BCUT2D eigenvalue weighted by atomic mass is 9.92. The van der Waals surface area contributed by atoms with E-state index in [9.17, 15) is 4.79 Å². The van der Waals surface area contributed by atoms with Crippen molar-refractivity contribution in [3.63, 3.8) is 0 Å². The minimum Gasteiger partial charge on any atom is -0.298 e. The summed E-state index contributed by atoms with van der Waals surface area (Å²) in [7, 11) is 0. The number of aryl methyl sites for hydroxylation is 2. The van der Waals surface area contributed by atoms with Crippen LogP contribution in [0.2, 0.25) is 0 Å². The Balaban J connectivity index is 1.81. The van der Waals surface area contributed by atoms with Crippen molar-refractivity contribution in [3.8, 4) is 11.3 Å². The number of carbonyl (C=O) groups excluding carboxylic acids is 1. The molecular formula is C16H18N2OS2. The van der Waals surface area contributed by atoms with E-state index in [0.717, 1.165) is 18.5 Å². The van der Waals surface area contributed by atoms with E-state index in [1.54, 1.807) is 11.3 Å². The van der Waals surface area contributed by atoms with Crippen LogP contribution in [0.25, 0.3) is 11.3 Å². The van der Waals surface area contributed by atoms with Crippen molar-refractivity contribution in [2.45, 2.75) is 38.8 Å². The molecule has 0 N–H and O–H groups in total. The largest absolute Gasteiger partial charge is 0.298 e. The molecule has 0 fully saturated rings. The van der Waals surface area contributed by atoms with Gasteiger partial charge in [-0.05, 0) is 29.9 Å². The fourth-order valence-corrected chi connectivity index (χ4v) is 4.07. The number of ketones is 1. The van der Waals surface area contributed by atoms with Crippen molar-refractivity contribution < 1.29 is 4.79 Å². The predicted octanol–water partition coefficient (Wildman–Crippen LogP) is 4.01. The predicted molar refractivity (Wildman–Crippen MR) is 87.9 cm³/mol. The molecule has 110 valence electrons. The molecule has 0 aliphatic heterocycles. The molecule has 5 heteroatoms. The topological polar surface area (TPSA) is 42.9 Å². The van der Waals surface area contributed by atoms with Gasteiger partial charge in [0.15, 0.2) is 5.16 Å². The first kappa shape index (κ1) is 14.7. The molecule has 0 spiro atoms. The van der Waals surface area contributed by atoms with Crippen LogP contribution in [0.15, 0.2) is 22.8 Å². The quantitative estimate of drug-likeness (QED) is 0.633. The van der Waals surface area contributed by atoms with Gasteiger partial charge in [0.1, 0.15) is 5.78 Å². The molecule has 3 nitrogen and oxygen atoms in total. The van der Waals surface area contributed by atoms with E-state index in [1.807, 2.05) is 27.0 Å². The molecule has 2 heterocycles. The molecule has 0 atom stereocenters. The van der Waals surface area contributed by atoms with E-state index in [4.69, 9.17) is 0 Å². The van der Waals surface area contributed by atoms with Crippen LogP contribution in [0.1, 0.15) is 31.2 Å². The molecule has 0 aromatic carbocycles. The Bertz CT molecular complexity index is 686. The zero-order valence-electron chi connectivity index (χ0n) is 12.5. The average molecular weight is 318 g/mol. The van der Waals surface area contributed by atoms with Gasteiger partial charge in [0.05, 0.1) is 11.4 Å². The minimum atomic E-state index is -0.304. The second-order valence-corrected chi connectivity index (χ2v) is 8.19. The average Bonchev–Trinajstić information content (AvgIpc) is 2.92. The van der Waals surface area contributed by atoms with Gasteiger partial charge in [0.2, 0.25) is 0 Å². The van der Waals surface area contributed by atoms with Crippen LogP contribution in [-0.2, 0) is 17.6 Å². The summed E-state index contributed by atoms with van der Waals surface area (Å²) >= 11 is 3.23. The third-order valence-corrected chi connectivity index (χ3v) is 5.48. The van der Waals surface area contributed by atoms with Gasteiger partial charge >= 0.3 is 0 Å². The third kappa shape index (κ3) is 3.04. The van der Waals surface area contributed by atoms with Gasteiger partial charge < -0.3 is 0 Å². The van der Waals surface area contributed by atoms with E-state index >= 15 is 0 Å². The number of hydrogen-bond acceptors (Lipinski definition) is 5. The molecule has 0 radical (unpaired) electrons. The summed E-state index contributed by atoms with van der Waals surface area (Å²) in [6.45, 7) is 5.84. The highest BCUT2D eigenvalue weighted by atomic mass is 32.2. The molecule has 1 aliphatic rings. The molecule has 0 saturated heterocycles. The summed E-state index contributed by atoms with van der Waals surface area (Å²) in [6.07, 6.45) is 4.01. The summed E-state index contributed by atoms with van der Waals surface area (Å²) in [6, 6.07) is 2.14. The Morgan fingerprint density at radius 3 is 2.95 bits per heavy atom. The highest BCUT2D eigenvalue weighted by molar-refractivity contribution is 7.99. The number of thioether (sulfide) groups is 1. The summed E-state index contributed by atoms with van der Waals surface area (Å²) in [5.41, 5.74) is 3.21. The Kier molecular flexibility index (Phi) is 3.88. The molecular weight excluding hydrogens is 300 g/mol. The van der Waals surface area contributed by atoms with Crippen LogP contribution in [-0.4, -0.2) is 21.5 Å². The summed E-state index contributed by atoms with van der Waals surface area (Å²) in [5.74, 6) is 0.656. The van der Waals surface area contributed by atoms with Gasteiger partial charge in [0.25, 0.3) is 0 Å². The summed E-state index contributed by atoms with van der Waals surface area (Å²) < 4.78 is 0. The number of thiophene rings is 1. The van der Waals surface area contributed by atoms with E-state index in [0.29, 0.717) is 10.9 Å².